The molecule has 0 unspecified atom stereocenters. The predicted octanol–water partition coefficient (Wildman–Crippen LogP) is 3.67. The quantitative estimate of drug-likeness (QED) is 0.743. The highest BCUT2D eigenvalue weighted by Crippen LogP contribution is 2.24. The first-order chi connectivity index (χ1) is 13.3. The molecule has 0 saturated carbocycles. The van der Waals surface area contributed by atoms with Gasteiger partial charge >= 0.3 is 0 Å². The lowest BCUT2D eigenvalue weighted by Gasteiger charge is -2.13. The summed E-state index contributed by atoms with van der Waals surface area (Å²) in [4.78, 5) is 12.5. The molecule has 2 aromatic rings. The van der Waals surface area contributed by atoms with Crippen LogP contribution in [0.1, 0.15) is 34.3 Å². The van der Waals surface area contributed by atoms with Crippen molar-refractivity contribution in [3.8, 4) is 0 Å². The van der Waals surface area contributed by atoms with Crippen LogP contribution >= 0.6 is 11.6 Å². The SMILES string of the molecule is Cc1ccc(NC(=O)c2ccc(Cl)c(S(=O)(=O)NC[C@H]3CCCO3)c2)cc1C. The van der Waals surface area contributed by atoms with Crippen LogP contribution in [0.25, 0.3) is 0 Å². The number of sulfonamides is 1. The standard InChI is InChI=1S/C20H23ClN2O4S/c1-13-5-7-16(10-14(13)2)23-20(24)15-6-8-18(21)19(11-15)28(25,26)22-12-17-4-3-9-27-17/h5-8,10-11,17,22H,3-4,9,12H2,1-2H3,(H,23,24)/t17-/m1/s1. The van der Waals surface area contributed by atoms with Crippen LogP contribution in [-0.4, -0.2) is 33.6 Å². The second-order valence-electron chi connectivity index (χ2n) is 6.89. The van der Waals surface area contributed by atoms with Crippen LogP contribution in [0.3, 0.4) is 0 Å². The van der Waals surface area contributed by atoms with Gasteiger partial charge in [-0.15, -0.1) is 0 Å². The third kappa shape index (κ3) is 4.91. The molecular weight excluding hydrogens is 400 g/mol. The molecule has 1 heterocycles. The Morgan fingerprint density at radius 3 is 2.64 bits per heavy atom. The lowest BCUT2D eigenvalue weighted by atomic mass is 10.1. The fourth-order valence-corrected chi connectivity index (χ4v) is 4.55. The van der Waals surface area contributed by atoms with E-state index in [1.807, 2.05) is 26.0 Å². The first kappa shape index (κ1) is 20.8. The fourth-order valence-electron chi connectivity index (χ4n) is 2.96. The second kappa shape index (κ2) is 8.61. The first-order valence-corrected chi connectivity index (χ1v) is 10.9. The Hall–Kier alpha value is -1.93. The number of hydrogen-bond donors (Lipinski definition) is 2. The molecule has 3 rings (SSSR count). The van der Waals surface area contributed by atoms with Crippen molar-refractivity contribution in [3.05, 3.63) is 58.1 Å². The average Bonchev–Trinajstić information content (AvgIpc) is 3.17. The van der Waals surface area contributed by atoms with Crippen molar-refractivity contribution >= 4 is 33.2 Å². The van der Waals surface area contributed by atoms with Gasteiger partial charge in [-0.25, -0.2) is 13.1 Å². The summed E-state index contributed by atoms with van der Waals surface area (Å²) in [5.41, 5.74) is 3.02. The highest BCUT2D eigenvalue weighted by atomic mass is 35.5. The van der Waals surface area contributed by atoms with Gasteiger partial charge in [-0.3, -0.25) is 4.79 Å². The summed E-state index contributed by atoms with van der Waals surface area (Å²) in [5.74, 6) is -0.407. The van der Waals surface area contributed by atoms with Crippen LogP contribution in [0, 0.1) is 13.8 Å². The van der Waals surface area contributed by atoms with Crippen molar-refractivity contribution in [2.45, 2.75) is 37.7 Å². The highest BCUT2D eigenvalue weighted by molar-refractivity contribution is 7.89. The van der Waals surface area contributed by atoms with E-state index in [1.54, 1.807) is 6.07 Å². The zero-order valence-electron chi connectivity index (χ0n) is 15.8. The van der Waals surface area contributed by atoms with E-state index in [0.29, 0.717) is 12.3 Å². The van der Waals surface area contributed by atoms with Crippen molar-refractivity contribution in [3.63, 3.8) is 0 Å². The van der Waals surface area contributed by atoms with E-state index in [1.165, 1.54) is 18.2 Å². The van der Waals surface area contributed by atoms with E-state index in [9.17, 15) is 13.2 Å². The van der Waals surface area contributed by atoms with E-state index >= 15 is 0 Å². The van der Waals surface area contributed by atoms with E-state index in [4.69, 9.17) is 16.3 Å². The van der Waals surface area contributed by atoms with Gasteiger partial charge in [0.2, 0.25) is 10.0 Å². The van der Waals surface area contributed by atoms with Crippen molar-refractivity contribution < 1.29 is 17.9 Å². The van der Waals surface area contributed by atoms with Crippen LogP contribution in [0.15, 0.2) is 41.3 Å². The van der Waals surface area contributed by atoms with Gasteiger partial charge in [-0.1, -0.05) is 17.7 Å². The summed E-state index contributed by atoms with van der Waals surface area (Å²) in [5, 5.41) is 2.84. The summed E-state index contributed by atoms with van der Waals surface area (Å²) in [6, 6.07) is 9.78. The monoisotopic (exact) mass is 422 g/mol. The molecule has 1 saturated heterocycles. The van der Waals surface area contributed by atoms with Gasteiger partial charge in [0.15, 0.2) is 0 Å². The molecule has 1 amide bonds. The average molecular weight is 423 g/mol. The number of benzene rings is 2. The number of ether oxygens (including phenoxy) is 1. The Bertz CT molecular complexity index is 986. The lowest BCUT2D eigenvalue weighted by molar-refractivity contribution is 0.102. The Kier molecular flexibility index (Phi) is 6.40. The zero-order chi connectivity index (χ0) is 20.3. The molecule has 1 aliphatic rings. The molecule has 6 nitrogen and oxygen atoms in total. The van der Waals surface area contributed by atoms with Crippen molar-refractivity contribution in [1.82, 2.24) is 4.72 Å². The van der Waals surface area contributed by atoms with E-state index in [0.717, 1.165) is 24.0 Å². The van der Waals surface area contributed by atoms with Crippen molar-refractivity contribution in [2.24, 2.45) is 0 Å². The molecule has 2 N–H and O–H groups in total. The van der Waals surface area contributed by atoms with Crippen molar-refractivity contribution in [2.75, 3.05) is 18.5 Å². The van der Waals surface area contributed by atoms with Gasteiger partial charge in [-0.2, -0.15) is 0 Å². The van der Waals surface area contributed by atoms with Gasteiger partial charge < -0.3 is 10.1 Å². The van der Waals surface area contributed by atoms with E-state index in [-0.39, 0.29) is 28.1 Å². The number of carbonyl (C=O) groups excluding carboxylic acids is 1. The largest absolute Gasteiger partial charge is 0.377 e. The van der Waals surface area contributed by atoms with Gasteiger partial charge in [0.1, 0.15) is 4.90 Å². The fraction of sp³-hybridized carbons (Fsp3) is 0.350. The molecule has 150 valence electrons. The number of carbonyl (C=O) groups is 1. The Morgan fingerprint density at radius 2 is 1.96 bits per heavy atom. The topological polar surface area (TPSA) is 84.5 Å². The summed E-state index contributed by atoms with van der Waals surface area (Å²) in [7, 11) is -3.86. The third-order valence-electron chi connectivity index (χ3n) is 4.77. The molecule has 1 aliphatic heterocycles. The van der Waals surface area contributed by atoms with Crippen LogP contribution in [0.4, 0.5) is 5.69 Å². The van der Waals surface area contributed by atoms with Crippen LogP contribution in [-0.2, 0) is 14.8 Å². The number of halogens is 1. The van der Waals surface area contributed by atoms with E-state index in [2.05, 4.69) is 10.0 Å². The smallest absolute Gasteiger partial charge is 0.255 e. The minimum Gasteiger partial charge on any atom is -0.377 e. The number of hydrogen-bond acceptors (Lipinski definition) is 4. The van der Waals surface area contributed by atoms with Crippen molar-refractivity contribution in [1.29, 1.82) is 0 Å². The summed E-state index contributed by atoms with van der Waals surface area (Å²) in [6.45, 7) is 4.76. The normalized spacial score (nSPS) is 16.9. The molecule has 0 spiro atoms. The molecule has 2 aromatic carbocycles. The minimum atomic E-state index is -3.86. The van der Waals surface area contributed by atoms with Gasteiger partial charge in [0, 0.05) is 24.4 Å². The molecule has 1 atom stereocenters. The maximum Gasteiger partial charge on any atom is 0.255 e. The van der Waals surface area contributed by atoms with E-state index < -0.39 is 15.9 Å². The summed E-state index contributed by atoms with van der Waals surface area (Å²) in [6.07, 6.45) is 1.60. The number of nitrogens with one attached hydrogen (secondary N) is 2. The number of anilines is 1. The molecule has 0 bridgehead atoms. The first-order valence-electron chi connectivity index (χ1n) is 9.06. The number of aryl methyl sites for hydroxylation is 2. The molecule has 28 heavy (non-hydrogen) atoms. The number of amides is 1. The predicted molar refractivity (Wildman–Crippen MR) is 109 cm³/mol. The molecule has 0 radical (unpaired) electrons. The van der Waals surface area contributed by atoms with Gasteiger partial charge in [0.05, 0.1) is 11.1 Å². The molecule has 0 aromatic heterocycles. The van der Waals surface area contributed by atoms with Gasteiger partial charge in [0.25, 0.3) is 5.91 Å². The Labute approximate surface area is 170 Å². The Balaban J connectivity index is 1.77. The summed E-state index contributed by atoms with van der Waals surface area (Å²) < 4.78 is 33.2. The maximum atomic E-state index is 12.6. The summed E-state index contributed by atoms with van der Waals surface area (Å²) >= 11 is 6.10. The lowest BCUT2D eigenvalue weighted by Crippen LogP contribution is -2.32. The molecular formula is C20H23ClN2O4S. The van der Waals surface area contributed by atoms with Crippen LogP contribution in [0.2, 0.25) is 5.02 Å². The molecule has 1 fully saturated rings. The Morgan fingerprint density at radius 1 is 1.18 bits per heavy atom. The highest BCUT2D eigenvalue weighted by Gasteiger charge is 2.23. The maximum absolute atomic E-state index is 12.6. The van der Waals surface area contributed by atoms with Crippen LogP contribution < -0.4 is 10.0 Å². The van der Waals surface area contributed by atoms with Gasteiger partial charge in [-0.05, 0) is 68.1 Å². The zero-order valence-corrected chi connectivity index (χ0v) is 17.4. The molecule has 8 heteroatoms. The van der Waals surface area contributed by atoms with Crippen LogP contribution in [0.5, 0.6) is 0 Å². The minimum absolute atomic E-state index is 0.0579. The molecule has 0 aliphatic carbocycles. The number of rotatable bonds is 6. The second-order valence-corrected chi connectivity index (χ2v) is 9.03. The third-order valence-corrected chi connectivity index (χ3v) is 6.68.